The number of ether oxygens (including phenoxy) is 2. The molecular formula is C30H29F3N6O4S. The molecule has 230 valence electrons. The van der Waals surface area contributed by atoms with Crippen molar-refractivity contribution in [3.63, 3.8) is 0 Å². The Bertz CT molecular complexity index is 1640. The smallest absolute Gasteiger partial charge is 0.497 e. The number of urea groups is 1. The van der Waals surface area contributed by atoms with E-state index in [0.29, 0.717) is 33.7 Å². The Labute approximate surface area is 255 Å². The van der Waals surface area contributed by atoms with Crippen molar-refractivity contribution in [3.8, 4) is 28.6 Å². The quantitative estimate of drug-likeness (QED) is 0.241. The van der Waals surface area contributed by atoms with Gasteiger partial charge in [-0.25, -0.2) is 14.5 Å². The molecule has 0 bridgehead atoms. The number of amides is 2. The van der Waals surface area contributed by atoms with E-state index in [1.165, 1.54) is 47.0 Å². The lowest BCUT2D eigenvalue weighted by molar-refractivity contribution is -0.274. The zero-order chi connectivity index (χ0) is 31.4. The van der Waals surface area contributed by atoms with Crippen LogP contribution in [0.2, 0.25) is 0 Å². The number of benzene rings is 3. The van der Waals surface area contributed by atoms with Gasteiger partial charge in [0.15, 0.2) is 11.0 Å². The molecule has 2 amide bonds. The zero-order valence-corrected chi connectivity index (χ0v) is 24.8. The van der Waals surface area contributed by atoms with Gasteiger partial charge in [0.05, 0.1) is 12.8 Å². The highest BCUT2D eigenvalue weighted by atomic mass is 32.2. The molecule has 0 spiro atoms. The molecule has 0 aliphatic carbocycles. The first-order valence-electron chi connectivity index (χ1n) is 13.5. The van der Waals surface area contributed by atoms with Crippen LogP contribution in [-0.4, -0.2) is 56.5 Å². The second kappa shape index (κ2) is 13.0. The van der Waals surface area contributed by atoms with Gasteiger partial charge in [-0.15, -0.1) is 18.3 Å². The molecule has 0 radical (unpaired) electrons. The lowest BCUT2D eigenvalue weighted by atomic mass is 10.00. The Morgan fingerprint density at radius 2 is 1.82 bits per heavy atom. The second-order valence-electron chi connectivity index (χ2n) is 10.0. The Balaban J connectivity index is 1.22. The van der Waals surface area contributed by atoms with Crippen molar-refractivity contribution in [2.45, 2.75) is 38.9 Å². The van der Waals surface area contributed by atoms with Crippen LogP contribution in [0.5, 0.6) is 11.5 Å². The number of thioether (sulfide) groups is 1. The fourth-order valence-corrected chi connectivity index (χ4v) is 5.46. The Morgan fingerprint density at radius 3 is 2.48 bits per heavy atom. The molecule has 0 saturated carbocycles. The lowest BCUT2D eigenvalue weighted by Gasteiger charge is -2.26. The van der Waals surface area contributed by atoms with Crippen molar-refractivity contribution in [1.29, 1.82) is 0 Å². The van der Waals surface area contributed by atoms with Gasteiger partial charge in [-0.05, 0) is 59.5 Å². The third-order valence-corrected chi connectivity index (χ3v) is 7.67. The molecule has 1 aliphatic rings. The number of anilines is 1. The van der Waals surface area contributed by atoms with Crippen LogP contribution < -0.4 is 19.7 Å². The summed E-state index contributed by atoms with van der Waals surface area (Å²) in [6.07, 6.45) is -4.13. The standard InChI is InChI=1S/C30H29F3N6O4S/c1-18(2)24-14-23(42-3)12-13-25(24)39-26(40)16-44-29(39)36-28(41)34-15-19-4-6-20(7-5-19)27-35-17-38(37-27)21-8-10-22(11-9-21)43-30(31,32)33/h4-14,17-18,26,40H,15-16H2,1-3H3,(H,34,41)/b36-29-. The summed E-state index contributed by atoms with van der Waals surface area (Å²) in [6, 6.07) is 17.6. The van der Waals surface area contributed by atoms with E-state index in [1.54, 1.807) is 24.1 Å². The van der Waals surface area contributed by atoms with E-state index in [0.717, 1.165) is 16.8 Å². The summed E-state index contributed by atoms with van der Waals surface area (Å²) in [4.78, 5) is 23.0. The third-order valence-electron chi connectivity index (χ3n) is 6.66. The van der Waals surface area contributed by atoms with Crippen LogP contribution in [0.15, 0.2) is 78.0 Å². The zero-order valence-electron chi connectivity index (χ0n) is 23.9. The highest BCUT2D eigenvalue weighted by Gasteiger charge is 2.33. The number of aromatic nitrogens is 3. The molecular weight excluding hydrogens is 597 g/mol. The molecule has 10 nitrogen and oxygen atoms in total. The van der Waals surface area contributed by atoms with Gasteiger partial charge < -0.3 is 19.9 Å². The number of halogens is 3. The molecule has 1 fully saturated rings. The average molecular weight is 627 g/mol. The maximum absolute atomic E-state index is 12.8. The predicted octanol–water partition coefficient (Wildman–Crippen LogP) is 6.10. The molecule has 2 heterocycles. The molecule has 2 N–H and O–H groups in total. The molecule has 1 saturated heterocycles. The third kappa shape index (κ3) is 7.32. The van der Waals surface area contributed by atoms with E-state index in [2.05, 4.69) is 25.1 Å². The van der Waals surface area contributed by atoms with Gasteiger partial charge in [0.25, 0.3) is 0 Å². The van der Waals surface area contributed by atoms with Crippen LogP contribution in [0.4, 0.5) is 23.7 Å². The number of hydrogen-bond acceptors (Lipinski definition) is 7. The Hall–Kier alpha value is -4.56. The van der Waals surface area contributed by atoms with Crippen LogP contribution in [0.1, 0.15) is 30.9 Å². The largest absolute Gasteiger partial charge is 0.573 e. The first-order chi connectivity index (χ1) is 21.0. The van der Waals surface area contributed by atoms with E-state index in [9.17, 15) is 23.1 Å². The Morgan fingerprint density at radius 1 is 1.11 bits per heavy atom. The second-order valence-corrected chi connectivity index (χ2v) is 11.0. The SMILES string of the molecule is COc1ccc(N2/C(=N/C(=O)NCc3ccc(-c4ncn(-c5ccc(OC(F)(F)F)cc5)n4)cc3)SCC2O)c(C(C)C)c1. The van der Waals surface area contributed by atoms with Crippen LogP contribution in [-0.2, 0) is 6.54 Å². The summed E-state index contributed by atoms with van der Waals surface area (Å²) in [5.74, 6) is 1.31. The number of nitrogens with zero attached hydrogens (tertiary/aromatic N) is 5. The van der Waals surface area contributed by atoms with Crippen molar-refractivity contribution in [3.05, 3.63) is 84.2 Å². The molecule has 1 aliphatic heterocycles. The summed E-state index contributed by atoms with van der Waals surface area (Å²) >= 11 is 1.30. The molecule has 5 rings (SSSR count). The fourth-order valence-electron chi connectivity index (χ4n) is 4.51. The van der Waals surface area contributed by atoms with Crippen molar-refractivity contribution in [1.82, 2.24) is 20.1 Å². The van der Waals surface area contributed by atoms with Gasteiger partial charge in [-0.2, -0.15) is 4.99 Å². The number of amidine groups is 1. The molecule has 1 atom stereocenters. The number of carbonyl (C=O) groups is 1. The van der Waals surface area contributed by atoms with Crippen molar-refractivity contribution in [2.24, 2.45) is 4.99 Å². The topological polar surface area (TPSA) is 114 Å². The van der Waals surface area contributed by atoms with Crippen LogP contribution in [0.3, 0.4) is 0 Å². The number of alkyl halides is 3. The monoisotopic (exact) mass is 626 g/mol. The summed E-state index contributed by atoms with van der Waals surface area (Å²) in [7, 11) is 1.60. The minimum absolute atomic E-state index is 0.146. The van der Waals surface area contributed by atoms with E-state index >= 15 is 0 Å². The maximum atomic E-state index is 12.8. The van der Waals surface area contributed by atoms with Crippen LogP contribution >= 0.6 is 11.8 Å². The van der Waals surface area contributed by atoms with Gasteiger partial charge in [0.2, 0.25) is 0 Å². The molecule has 1 unspecified atom stereocenters. The number of aliphatic hydroxyl groups is 1. The molecule has 4 aromatic rings. The molecule has 1 aromatic heterocycles. The molecule has 3 aromatic carbocycles. The van der Waals surface area contributed by atoms with E-state index < -0.39 is 18.6 Å². The van der Waals surface area contributed by atoms with Crippen LogP contribution in [0.25, 0.3) is 17.1 Å². The number of rotatable bonds is 8. The maximum Gasteiger partial charge on any atom is 0.573 e. The molecule has 44 heavy (non-hydrogen) atoms. The van der Waals surface area contributed by atoms with Crippen molar-refractivity contribution < 1.29 is 32.5 Å². The number of nitrogens with one attached hydrogen (secondary N) is 1. The van der Waals surface area contributed by atoms with Crippen molar-refractivity contribution >= 4 is 28.6 Å². The first-order valence-corrected chi connectivity index (χ1v) is 14.5. The summed E-state index contributed by atoms with van der Waals surface area (Å²) in [5.41, 5.74) is 3.77. The van der Waals surface area contributed by atoms with Gasteiger partial charge in [-0.1, -0.05) is 49.9 Å². The minimum atomic E-state index is -4.76. The minimum Gasteiger partial charge on any atom is -0.497 e. The van der Waals surface area contributed by atoms with E-state index in [1.807, 2.05) is 44.2 Å². The number of aliphatic imine (C=N–C) groups is 1. The van der Waals surface area contributed by atoms with Gasteiger partial charge in [0, 0.05) is 23.5 Å². The number of hydrogen-bond donors (Lipinski definition) is 2. The van der Waals surface area contributed by atoms with Gasteiger partial charge in [0.1, 0.15) is 24.1 Å². The normalized spacial score (nSPS) is 16.0. The number of methoxy groups -OCH3 is 1. The van der Waals surface area contributed by atoms with Crippen LogP contribution in [0, 0.1) is 0 Å². The highest BCUT2D eigenvalue weighted by Crippen LogP contribution is 2.37. The summed E-state index contributed by atoms with van der Waals surface area (Å²) < 4.78 is 47.9. The number of aliphatic hydroxyl groups excluding tert-OH is 1. The average Bonchev–Trinajstić information content (AvgIpc) is 3.62. The number of carbonyl (C=O) groups excluding carboxylic acids is 1. The van der Waals surface area contributed by atoms with E-state index in [-0.39, 0.29) is 18.2 Å². The highest BCUT2D eigenvalue weighted by molar-refractivity contribution is 8.14. The lowest BCUT2D eigenvalue weighted by Crippen LogP contribution is -2.35. The molecule has 14 heteroatoms. The van der Waals surface area contributed by atoms with Gasteiger partial charge >= 0.3 is 12.4 Å². The van der Waals surface area contributed by atoms with E-state index in [4.69, 9.17) is 4.74 Å². The fraction of sp³-hybridized carbons (Fsp3) is 0.267. The summed E-state index contributed by atoms with van der Waals surface area (Å²) in [5, 5.41) is 18.3. The Kier molecular flexibility index (Phi) is 9.11. The van der Waals surface area contributed by atoms with Crippen molar-refractivity contribution in [2.75, 3.05) is 17.8 Å². The first kappa shape index (κ1) is 30.9. The van der Waals surface area contributed by atoms with Gasteiger partial charge in [-0.3, -0.25) is 4.90 Å². The summed E-state index contributed by atoms with van der Waals surface area (Å²) in [6.45, 7) is 4.31. The predicted molar refractivity (Wildman–Crippen MR) is 161 cm³/mol.